The maximum atomic E-state index is 13.6. The molecule has 0 aliphatic heterocycles. The summed E-state index contributed by atoms with van der Waals surface area (Å²) in [6.45, 7) is 0. The van der Waals surface area contributed by atoms with Crippen LogP contribution in [0.5, 0.6) is 11.5 Å². The Balaban J connectivity index is 1.87. The number of benzene rings is 2. The number of methoxy groups -OCH3 is 2. The minimum Gasteiger partial charge on any atom is -0.496 e. The molecule has 8 heteroatoms. The van der Waals surface area contributed by atoms with E-state index in [-0.39, 0.29) is 23.5 Å². The van der Waals surface area contributed by atoms with Gasteiger partial charge in [0.2, 0.25) is 5.91 Å². The molecule has 0 saturated heterocycles. The Hall–Kier alpha value is -2.80. The number of nitrogens with one attached hydrogen (secondary N) is 2. The molecular weight excluding hydrogens is 363 g/mol. The monoisotopic (exact) mass is 380 g/mol. The molecule has 2 rings (SSSR count). The Kier molecular flexibility index (Phi) is 6.80. The molecule has 0 saturated carbocycles. The molecule has 2 aromatic rings. The van der Waals surface area contributed by atoms with Crippen molar-refractivity contribution >= 4 is 23.4 Å². The van der Waals surface area contributed by atoms with E-state index in [1.54, 1.807) is 12.1 Å². The lowest BCUT2D eigenvalue weighted by Gasteiger charge is -2.11. The van der Waals surface area contributed by atoms with E-state index in [1.807, 2.05) is 0 Å². The molecule has 0 heterocycles. The summed E-state index contributed by atoms with van der Waals surface area (Å²) in [6, 6.07) is 9.01. The second kappa shape index (κ2) is 9.05. The number of ether oxygens (including phenoxy) is 2. The summed E-state index contributed by atoms with van der Waals surface area (Å²) in [5.74, 6) is -1.02. The zero-order valence-electron chi connectivity index (χ0n) is 14.3. The third-order valence-corrected chi connectivity index (χ3v) is 3.82. The smallest absolute Gasteiger partial charge is 0.273 e. The maximum Gasteiger partial charge on any atom is 0.273 e. The van der Waals surface area contributed by atoms with E-state index in [1.165, 1.54) is 38.5 Å². The number of aryl methyl sites for hydroxylation is 1. The number of carbonyl (C=O) groups excluding carboxylic acids is 2. The Morgan fingerprint density at radius 3 is 2.42 bits per heavy atom. The molecule has 0 radical (unpaired) electrons. The Labute approximate surface area is 155 Å². The second-order valence-electron chi connectivity index (χ2n) is 5.32. The highest BCUT2D eigenvalue weighted by molar-refractivity contribution is 6.30. The van der Waals surface area contributed by atoms with Gasteiger partial charge in [-0.15, -0.1) is 0 Å². The van der Waals surface area contributed by atoms with E-state index in [9.17, 15) is 14.0 Å². The summed E-state index contributed by atoms with van der Waals surface area (Å²) in [6.07, 6.45) is 0.386. The number of hydrogen-bond donors (Lipinski definition) is 2. The first-order valence-electron chi connectivity index (χ1n) is 7.69. The Bertz CT molecular complexity index is 814. The van der Waals surface area contributed by atoms with Crippen molar-refractivity contribution in [3.05, 3.63) is 58.4 Å². The van der Waals surface area contributed by atoms with E-state index < -0.39 is 17.6 Å². The normalized spacial score (nSPS) is 10.2. The number of carbonyl (C=O) groups is 2. The number of halogens is 2. The lowest BCUT2D eigenvalue weighted by molar-refractivity contribution is -0.121. The number of amides is 2. The first-order chi connectivity index (χ1) is 12.4. The van der Waals surface area contributed by atoms with Crippen molar-refractivity contribution in [2.75, 3.05) is 14.2 Å². The summed E-state index contributed by atoms with van der Waals surface area (Å²) in [7, 11) is 2.79. The van der Waals surface area contributed by atoms with Crippen molar-refractivity contribution in [1.82, 2.24) is 10.9 Å². The van der Waals surface area contributed by atoms with Gasteiger partial charge in [0, 0.05) is 11.4 Å². The molecule has 0 aliphatic carbocycles. The Morgan fingerprint density at radius 2 is 1.77 bits per heavy atom. The molecule has 6 nitrogen and oxygen atoms in total. The van der Waals surface area contributed by atoms with Crippen LogP contribution in [0.2, 0.25) is 5.02 Å². The van der Waals surface area contributed by atoms with Gasteiger partial charge < -0.3 is 9.47 Å². The van der Waals surface area contributed by atoms with Crippen molar-refractivity contribution < 1.29 is 23.5 Å². The summed E-state index contributed by atoms with van der Waals surface area (Å²) >= 11 is 5.84. The third-order valence-electron chi connectivity index (χ3n) is 3.58. The van der Waals surface area contributed by atoms with Crippen LogP contribution in [-0.2, 0) is 11.2 Å². The van der Waals surface area contributed by atoms with Crippen molar-refractivity contribution in [1.29, 1.82) is 0 Å². The average molecular weight is 381 g/mol. The van der Waals surface area contributed by atoms with Crippen LogP contribution < -0.4 is 20.3 Å². The molecule has 2 N–H and O–H groups in total. The van der Waals surface area contributed by atoms with Gasteiger partial charge in [0.15, 0.2) is 11.6 Å². The highest BCUT2D eigenvalue weighted by atomic mass is 35.5. The third kappa shape index (κ3) is 5.10. The van der Waals surface area contributed by atoms with Crippen LogP contribution in [0.1, 0.15) is 22.3 Å². The van der Waals surface area contributed by atoms with Crippen molar-refractivity contribution in [3.8, 4) is 11.5 Å². The van der Waals surface area contributed by atoms with E-state index in [2.05, 4.69) is 10.9 Å². The average Bonchev–Trinajstić information content (AvgIpc) is 2.64. The van der Waals surface area contributed by atoms with Crippen LogP contribution in [0.25, 0.3) is 0 Å². The van der Waals surface area contributed by atoms with Gasteiger partial charge in [-0.2, -0.15) is 0 Å². The van der Waals surface area contributed by atoms with Crippen LogP contribution in [-0.4, -0.2) is 26.0 Å². The quantitative estimate of drug-likeness (QED) is 0.755. The van der Waals surface area contributed by atoms with E-state index in [4.69, 9.17) is 21.1 Å². The fraction of sp³-hybridized carbons (Fsp3) is 0.222. The standard InChI is InChI=1S/C18H18ClFN2O4/c1-25-15-7-3-11(9-14(15)20)4-8-17(23)21-22-18(24)13-6-5-12(19)10-16(13)26-2/h3,5-7,9-10H,4,8H2,1-2H3,(H,21,23)(H,22,24). The second-order valence-corrected chi connectivity index (χ2v) is 5.75. The Morgan fingerprint density at radius 1 is 1.04 bits per heavy atom. The maximum absolute atomic E-state index is 13.6. The van der Waals surface area contributed by atoms with Crippen molar-refractivity contribution in [2.45, 2.75) is 12.8 Å². The molecule has 0 aliphatic rings. The van der Waals surface area contributed by atoms with E-state index in [0.29, 0.717) is 17.0 Å². The number of rotatable bonds is 6. The van der Waals surface area contributed by atoms with Crippen molar-refractivity contribution in [3.63, 3.8) is 0 Å². The van der Waals surface area contributed by atoms with Crippen LogP contribution in [0.4, 0.5) is 4.39 Å². The van der Waals surface area contributed by atoms with Gasteiger partial charge in [0.05, 0.1) is 19.8 Å². The molecule has 0 atom stereocenters. The predicted molar refractivity (Wildman–Crippen MR) is 94.9 cm³/mol. The summed E-state index contributed by atoms with van der Waals surface area (Å²) in [5.41, 5.74) is 5.49. The van der Waals surface area contributed by atoms with Gasteiger partial charge in [0.1, 0.15) is 5.75 Å². The molecule has 0 spiro atoms. The molecule has 2 amide bonds. The van der Waals surface area contributed by atoms with Gasteiger partial charge in [-0.3, -0.25) is 20.4 Å². The summed E-state index contributed by atoms with van der Waals surface area (Å²) in [4.78, 5) is 24.0. The summed E-state index contributed by atoms with van der Waals surface area (Å²) in [5, 5.41) is 0.425. The molecule has 138 valence electrons. The zero-order valence-corrected chi connectivity index (χ0v) is 15.0. The van der Waals surface area contributed by atoms with Crippen LogP contribution in [0, 0.1) is 5.82 Å². The molecule has 0 fully saturated rings. The molecule has 0 unspecified atom stereocenters. The van der Waals surface area contributed by atoms with E-state index >= 15 is 0 Å². The molecule has 2 aromatic carbocycles. The molecule has 0 bridgehead atoms. The minimum absolute atomic E-state index is 0.0732. The van der Waals surface area contributed by atoms with E-state index in [0.717, 1.165) is 0 Å². The zero-order chi connectivity index (χ0) is 19.1. The fourth-order valence-electron chi connectivity index (χ4n) is 2.23. The minimum atomic E-state index is -0.539. The predicted octanol–water partition coefficient (Wildman–Crippen LogP) is 2.89. The molecular formula is C18H18ClFN2O4. The summed E-state index contributed by atoms with van der Waals surface area (Å²) < 4.78 is 23.5. The molecule has 0 aromatic heterocycles. The number of hydrazine groups is 1. The highest BCUT2D eigenvalue weighted by Gasteiger charge is 2.13. The SMILES string of the molecule is COc1ccc(CCC(=O)NNC(=O)c2ccc(Cl)cc2OC)cc1F. The van der Waals surface area contributed by atoms with Gasteiger partial charge >= 0.3 is 0 Å². The van der Waals surface area contributed by atoms with Crippen LogP contribution in [0.15, 0.2) is 36.4 Å². The van der Waals surface area contributed by atoms with Crippen LogP contribution >= 0.6 is 11.6 Å². The van der Waals surface area contributed by atoms with Gasteiger partial charge in [-0.1, -0.05) is 17.7 Å². The van der Waals surface area contributed by atoms with Gasteiger partial charge in [-0.05, 0) is 42.3 Å². The lowest BCUT2D eigenvalue weighted by Crippen LogP contribution is -2.41. The first kappa shape index (κ1) is 19.5. The van der Waals surface area contributed by atoms with Gasteiger partial charge in [0.25, 0.3) is 5.91 Å². The largest absolute Gasteiger partial charge is 0.496 e. The van der Waals surface area contributed by atoms with Crippen LogP contribution in [0.3, 0.4) is 0 Å². The fourth-order valence-corrected chi connectivity index (χ4v) is 2.39. The lowest BCUT2D eigenvalue weighted by atomic mass is 10.1. The molecule has 26 heavy (non-hydrogen) atoms. The van der Waals surface area contributed by atoms with Crippen molar-refractivity contribution in [2.24, 2.45) is 0 Å². The highest BCUT2D eigenvalue weighted by Crippen LogP contribution is 2.22. The first-order valence-corrected chi connectivity index (χ1v) is 8.07. The topological polar surface area (TPSA) is 76.7 Å². The van der Waals surface area contributed by atoms with Gasteiger partial charge in [-0.25, -0.2) is 4.39 Å². The number of hydrogen-bond acceptors (Lipinski definition) is 4.